The Kier molecular flexibility index (Phi) is 4.43. The average molecular weight is 288 g/mol. The minimum Gasteiger partial charge on any atom is -0.348 e. The Labute approximate surface area is 116 Å². The molecule has 2 rings (SSSR count). The molecule has 0 aromatic carbocycles. The van der Waals surface area contributed by atoms with Gasteiger partial charge in [0.25, 0.3) is 5.91 Å². The maximum Gasteiger partial charge on any atom is 0.253 e. The molecule has 1 saturated heterocycles. The first-order valence-electron chi connectivity index (χ1n) is 5.86. The number of rotatable bonds is 2. The number of hydrogen-bond acceptors (Lipinski definition) is 3. The van der Waals surface area contributed by atoms with E-state index in [1.807, 2.05) is 0 Å². The summed E-state index contributed by atoms with van der Waals surface area (Å²) < 4.78 is 0. The van der Waals surface area contributed by atoms with E-state index in [-0.39, 0.29) is 17.1 Å². The van der Waals surface area contributed by atoms with Crippen molar-refractivity contribution in [2.75, 3.05) is 20.1 Å². The molecule has 1 N–H and O–H groups in total. The van der Waals surface area contributed by atoms with E-state index >= 15 is 0 Å². The number of halogens is 2. The zero-order valence-electron chi connectivity index (χ0n) is 10.1. The third-order valence-electron chi connectivity index (χ3n) is 3.03. The number of nitrogens with one attached hydrogen (secondary N) is 1. The van der Waals surface area contributed by atoms with Crippen molar-refractivity contribution in [3.8, 4) is 0 Å². The summed E-state index contributed by atoms with van der Waals surface area (Å²) >= 11 is 11.7. The highest BCUT2D eigenvalue weighted by Crippen LogP contribution is 2.18. The molecule has 1 atom stereocenters. The summed E-state index contributed by atoms with van der Waals surface area (Å²) in [5, 5.41) is 3.57. The highest BCUT2D eigenvalue weighted by atomic mass is 35.5. The number of piperidine rings is 1. The lowest BCUT2D eigenvalue weighted by molar-refractivity contribution is 0.0912. The zero-order chi connectivity index (χ0) is 13.1. The summed E-state index contributed by atoms with van der Waals surface area (Å²) in [6.07, 6.45) is 3.48. The van der Waals surface area contributed by atoms with Crippen LogP contribution in [0.4, 0.5) is 0 Å². The molecule has 4 nitrogen and oxygen atoms in total. The second-order valence-electron chi connectivity index (χ2n) is 4.56. The summed E-state index contributed by atoms with van der Waals surface area (Å²) in [5.74, 6) is -0.190. The summed E-state index contributed by atoms with van der Waals surface area (Å²) in [6.45, 7) is 1.94. The molecule has 18 heavy (non-hydrogen) atoms. The third kappa shape index (κ3) is 3.34. The normalized spacial score (nSPS) is 20.7. The van der Waals surface area contributed by atoms with Gasteiger partial charge < -0.3 is 10.2 Å². The first-order chi connectivity index (χ1) is 8.56. The smallest absolute Gasteiger partial charge is 0.253 e. The van der Waals surface area contributed by atoms with Gasteiger partial charge >= 0.3 is 0 Å². The van der Waals surface area contributed by atoms with Crippen LogP contribution in [0.15, 0.2) is 12.3 Å². The maximum atomic E-state index is 12.1. The van der Waals surface area contributed by atoms with Gasteiger partial charge in [0, 0.05) is 18.8 Å². The molecule has 1 amide bonds. The van der Waals surface area contributed by atoms with Gasteiger partial charge in [-0.05, 0) is 32.5 Å². The van der Waals surface area contributed by atoms with Crippen LogP contribution < -0.4 is 5.32 Å². The largest absolute Gasteiger partial charge is 0.348 e. The van der Waals surface area contributed by atoms with E-state index in [1.165, 1.54) is 12.3 Å². The number of nitrogens with zero attached hydrogens (tertiary/aromatic N) is 2. The quantitative estimate of drug-likeness (QED) is 0.849. The molecule has 1 unspecified atom stereocenters. The summed E-state index contributed by atoms with van der Waals surface area (Å²) in [6, 6.07) is 1.66. The highest BCUT2D eigenvalue weighted by molar-refractivity contribution is 6.35. The van der Waals surface area contributed by atoms with Crippen molar-refractivity contribution in [2.45, 2.75) is 18.9 Å². The van der Waals surface area contributed by atoms with Crippen LogP contribution in [0.2, 0.25) is 10.2 Å². The Morgan fingerprint density at radius 1 is 1.56 bits per heavy atom. The second kappa shape index (κ2) is 5.87. The molecular weight excluding hydrogens is 273 g/mol. The minimum absolute atomic E-state index is 0.166. The molecule has 0 bridgehead atoms. The van der Waals surface area contributed by atoms with Gasteiger partial charge in [0.2, 0.25) is 0 Å². The van der Waals surface area contributed by atoms with Gasteiger partial charge in [0.1, 0.15) is 5.15 Å². The number of pyridine rings is 1. The van der Waals surface area contributed by atoms with Crippen LogP contribution >= 0.6 is 23.2 Å². The molecule has 1 fully saturated rings. The second-order valence-corrected chi connectivity index (χ2v) is 5.36. The Balaban J connectivity index is 2.05. The molecular formula is C12H15Cl2N3O. The number of amides is 1. The SMILES string of the molecule is CN1CCCC(NC(=O)c2cc(Cl)ncc2Cl)C1. The molecule has 0 saturated carbocycles. The Hall–Kier alpha value is -0.840. The van der Waals surface area contributed by atoms with Crippen LogP contribution in [-0.4, -0.2) is 42.0 Å². The van der Waals surface area contributed by atoms with Crippen LogP contribution in [0.3, 0.4) is 0 Å². The van der Waals surface area contributed by atoms with Crippen molar-refractivity contribution < 1.29 is 4.79 Å². The molecule has 98 valence electrons. The minimum atomic E-state index is -0.190. The Morgan fingerprint density at radius 3 is 3.06 bits per heavy atom. The lowest BCUT2D eigenvalue weighted by Gasteiger charge is -2.30. The maximum absolute atomic E-state index is 12.1. The van der Waals surface area contributed by atoms with E-state index in [9.17, 15) is 4.79 Å². The van der Waals surface area contributed by atoms with E-state index in [0.717, 1.165) is 25.9 Å². The molecule has 2 heterocycles. The molecule has 1 aliphatic rings. The number of likely N-dealkylation sites (N-methyl/N-ethyl adjacent to an activating group) is 1. The Bertz CT molecular complexity index is 453. The molecule has 6 heteroatoms. The van der Waals surface area contributed by atoms with Gasteiger partial charge in [0.15, 0.2) is 0 Å². The monoisotopic (exact) mass is 287 g/mol. The molecule has 1 aromatic heterocycles. The van der Waals surface area contributed by atoms with Crippen molar-refractivity contribution in [1.82, 2.24) is 15.2 Å². The van der Waals surface area contributed by atoms with E-state index in [2.05, 4.69) is 22.2 Å². The summed E-state index contributed by atoms with van der Waals surface area (Å²) in [4.78, 5) is 18.1. The third-order valence-corrected chi connectivity index (χ3v) is 3.53. The number of aromatic nitrogens is 1. The van der Waals surface area contributed by atoms with E-state index in [4.69, 9.17) is 23.2 Å². The fourth-order valence-corrected chi connectivity index (χ4v) is 2.48. The lowest BCUT2D eigenvalue weighted by Crippen LogP contribution is -2.46. The zero-order valence-corrected chi connectivity index (χ0v) is 11.6. The number of likely N-dealkylation sites (tertiary alicyclic amines) is 1. The molecule has 0 aliphatic carbocycles. The number of carbonyl (C=O) groups excluding carboxylic acids is 1. The summed E-state index contributed by atoms with van der Waals surface area (Å²) in [7, 11) is 2.05. The molecule has 1 aromatic rings. The fraction of sp³-hybridized carbons (Fsp3) is 0.500. The lowest BCUT2D eigenvalue weighted by atomic mass is 10.1. The first-order valence-corrected chi connectivity index (χ1v) is 6.62. The van der Waals surface area contributed by atoms with E-state index in [0.29, 0.717) is 10.6 Å². The predicted molar refractivity (Wildman–Crippen MR) is 72.2 cm³/mol. The van der Waals surface area contributed by atoms with Crippen molar-refractivity contribution in [2.24, 2.45) is 0 Å². The van der Waals surface area contributed by atoms with Crippen molar-refractivity contribution >= 4 is 29.1 Å². The topological polar surface area (TPSA) is 45.2 Å². The number of carbonyl (C=O) groups is 1. The highest BCUT2D eigenvalue weighted by Gasteiger charge is 2.20. The van der Waals surface area contributed by atoms with Crippen LogP contribution in [0.5, 0.6) is 0 Å². The molecule has 0 spiro atoms. The predicted octanol–water partition coefficient (Wildman–Crippen LogP) is 2.21. The van der Waals surface area contributed by atoms with Gasteiger partial charge in [-0.2, -0.15) is 0 Å². The molecule has 0 radical (unpaired) electrons. The van der Waals surface area contributed by atoms with Gasteiger partial charge in [-0.15, -0.1) is 0 Å². The van der Waals surface area contributed by atoms with Gasteiger partial charge in [0.05, 0.1) is 10.6 Å². The number of hydrogen-bond donors (Lipinski definition) is 1. The van der Waals surface area contributed by atoms with Gasteiger partial charge in [-0.1, -0.05) is 23.2 Å². The van der Waals surface area contributed by atoms with Crippen LogP contribution in [0.1, 0.15) is 23.2 Å². The average Bonchev–Trinajstić information content (AvgIpc) is 2.32. The summed E-state index contributed by atoms with van der Waals surface area (Å²) in [5.41, 5.74) is 0.380. The molecule has 1 aliphatic heterocycles. The van der Waals surface area contributed by atoms with Crippen molar-refractivity contribution in [3.63, 3.8) is 0 Å². The van der Waals surface area contributed by atoms with Crippen LogP contribution in [0.25, 0.3) is 0 Å². The van der Waals surface area contributed by atoms with Gasteiger partial charge in [-0.3, -0.25) is 4.79 Å². The van der Waals surface area contributed by atoms with Crippen LogP contribution in [0, 0.1) is 0 Å². The standard InChI is InChI=1S/C12H15Cl2N3O/c1-17-4-2-3-8(7-17)16-12(18)9-5-11(14)15-6-10(9)13/h5-6,8H,2-4,7H2,1H3,(H,16,18). The van der Waals surface area contributed by atoms with Crippen LogP contribution in [-0.2, 0) is 0 Å². The van der Waals surface area contributed by atoms with Crippen molar-refractivity contribution in [3.05, 3.63) is 28.0 Å². The first kappa shape index (κ1) is 13.6. The van der Waals surface area contributed by atoms with Gasteiger partial charge in [-0.25, -0.2) is 4.98 Å². The Morgan fingerprint density at radius 2 is 2.33 bits per heavy atom. The van der Waals surface area contributed by atoms with E-state index < -0.39 is 0 Å². The van der Waals surface area contributed by atoms with E-state index in [1.54, 1.807) is 0 Å². The fourth-order valence-electron chi connectivity index (χ4n) is 2.13. The van der Waals surface area contributed by atoms with Crippen molar-refractivity contribution in [1.29, 1.82) is 0 Å².